The fourth-order valence-corrected chi connectivity index (χ4v) is 8.31. The number of nitrogens with zero attached hydrogens (tertiary/aromatic N) is 1. The molecular formula is C28H36N2O5S. The second-order valence-electron chi connectivity index (χ2n) is 11.3. The first-order valence-electron chi connectivity index (χ1n) is 12.8. The van der Waals surface area contributed by atoms with E-state index >= 15 is 0 Å². The van der Waals surface area contributed by atoms with Crippen LogP contribution in [0.5, 0.6) is 11.5 Å². The summed E-state index contributed by atoms with van der Waals surface area (Å²) in [5.41, 5.74) is 1.85. The molecule has 2 aliphatic carbocycles. The first kappa shape index (κ1) is 25.1. The van der Waals surface area contributed by atoms with Gasteiger partial charge in [-0.25, -0.2) is 13.1 Å². The van der Waals surface area contributed by atoms with Crippen LogP contribution in [-0.2, 0) is 26.7 Å². The lowest BCUT2D eigenvalue weighted by Gasteiger charge is -2.61. The molecule has 0 spiro atoms. The number of hydrogen-bond donors (Lipinski definition) is 2. The lowest BCUT2D eigenvalue weighted by Crippen LogP contribution is -2.65. The summed E-state index contributed by atoms with van der Waals surface area (Å²) in [6, 6.07) is 12.0. The number of phenols is 1. The highest BCUT2D eigenvalue weighted by Crippen LogP contribution is 2.57. The molecule has 8 heteroatoms. The lowest BCUT2D eigenvalue weighted by molar-refractivity contribution is -0.148. The van der Waals surface area contributed by atoms with Gasteiger partial charge in [-0.05, 0) is 66.8 Å². The molecule has 2 aromatic rings. The van der Waals surface area contributed by atoms with Crippen LogP contribution in [0, 0.1) is 11.3 Å². The van der Waals surface area contributed by atoms with Crippen molar-refractivity contribution < 1.29 is 23.1 Å². The fourth-order valence-electron chi connectivity index (χ4n) is 6.86. The molecule has 1 saturated heterocycles. The van der Waals surface area contributed by atoms with Crippen LogP contribution in [0.3, 0.4) is 0 Å². The van der Waals surface area contributed by atoms with Gasteiger partial charge in [0, 0.05) is 30.0 Å². The van der Waals surface area contributed by atoms with Gasteiger partial charge in [-0.2, -0.15) is 0 Å². The Balaban J connectivity index is 1.33. The number of benzene rings is 2. The third kappa shape index (κ3) is 3.80. The van der Waals surface area contributed by atoms with E-state index in [0.717, 1.165) is 12.0 Å². The highest BCUT2D eigenvalue weighted by atomic mass is 32.2. The number of aromatic hydroxyl groups is 1. The SMILES string of the molecule is COc1ccccc1S(=O)(=O)NC1CC[C@@H](C(=O)N2CC[C@@]3(C)c4cccc(O)c4C[C@@H]2C3(C)C)C1. The minimum absolute atomic E-state index is 0.0196. The highest BCUT2D eigenvalue weighted by Gasteiger charge is 2.57. The summed E-state index contributed by atoms with van der Waals surface area (Å²) in [5, 5.41) is 10.6. The van der Waals surface area contributed by atoms with Crippen molar-refractivity contribution in [2.45, 2.75) is 75.3 Å². The number of carbonyl (C=O) groups excluding carboxylic acids is 1. The molecule has 2 bridgehead atoms. The molecule has 1 saturated carbocycles. The van der Waals surface area contributed by atoms with Gasteiger partial charge in [-0.3, -0.25) is 4.79 Å². The molecule has 7 nitrogen and oxygen atoms in total. The fraction of sp³-hybridized carbons (Fsp3) is 0.536. The number of ether oxygens (including phenoxy) is 1. The van der Waals surface area contributed by atoms with Gasteiger partial charge in [0.2, 0.25) is 15.9 Å². The number of likely N-dealkylation sites (tertiary alicyclic amines) is 1. The van der Waals surface area contributed by atoms with E-state index in [-0.39, 0.29) is 39.6 Å². The normalized spacial score (nSPS) is 29.0. The number of nitrogens with one attached hydrogen (secondary N) is 1. The molecule has 1 heterocycles. The molecule has 2 fully saturated rings. The summed E-state index contributed by atoms with van der Waals surface area (Å²) in [6.07, 6.45) is 3.22. The Labute approximate surface area is 213 Å². The zero-order valence-corrected chi connectivity index (χ0v) is 22.3. The maximum atomic E-state index is 13.8. The zero-order valence-electron chi connectivity index (χ0n) is 21.5. The maximum absolute atomic E-state index is 13.8. The number of fused-ring (bicyclic) bond motifs is 4. The number of amides is 1. The Kier molecular flexibility index (Phi) is 6.11. The van der Waals surface area contributed by atoms with Crippen LogP contribution in [-0.4, -0.2) is 50.1 Å². The van der Waals surface area contributed by atoms with Crippen molar-refractivity contribution in [1.29, 1.82) is 0 Å². The molecule has 194 valence electrons. The number of hydrogen-bond acceptors (Lipinski definition) is 5. The van der Waals surface area contributed by atoms with Crippen molar-refractivity contribution in [3.8, 4) is 11.5 Å². The average molecular weight is 513 g/mol. The molecule has 4 atom stereocenters. The third-order valence-corrected chi connectivity index (χ3v) is 10.9. The van der Waals surface area contributed by atoms with Crippen LogP contribution in [0.15, 0.2) is 47.4 Å². The molecule has 0 radical (unpaired) electrons. The summed E-state index contributed by atoms with van der Waals surface area (Å²) in [4.78, 5) is 16.0. The van der Waals surface area contributed by atoms with E-state index in [1.165, 1.54) is 18.7 Å². The van der Waals surface area contributed by atoms with Gasteiger partial charge in [0.25, 0.3) is 0 Å². The maximum Gasteiger partial charge on any atom is 0.244 e. The van der Waals surface area contributed by atoms with E-state index in [9.17, 15) is 18.3 Å². The Morgan fingerprint density at radius 1 is 1.11 bits per heavy atom. The predicted octanol–water partition coefficient (Wildman–Crippen LogP) is 3.99. The van der Waals surface area contributed by atoms with E-state index in [0.29, 0.717) is 43.7 Å². The Morgan fingerprint density at radius 2 is 1.86 bits per heavy atom. The van der Waals surface area contributed by atoms with Gasteiger partial charge >= 0.3 is 0 Å². The van der Waals surface area contributed by atoms with E-state index in [4.69, 9.17) is 4.74 Å². The molecule has 2 N–H and O–H groups in total. The molecule has 0 aromatic heterocycles. The topological polar surface area (TPSA) is 95.9 Å². The number of carbonyl (C=O) groups is 1. The Bertz CT molecular complexity index is 1290. The monoisotopic (exact) mass is 512 g/mol. The van der Waals surface area contributed by atoms with Crippen LogP contribution in [0.2, 0.25) is 0 Å². The standard InChI is InChI=1S/C28H36N2O5S/c1-27(2)25-17-20-21(8-7-9-22(20)31)28(27,3)14-15-30(25)26(32)18-12-13-19(16-18)29-36(33,34)24-11-6-5-10-23(24)35-4/h5-11,18-19,25,29,31H,12-17H2,1-4H3/t18-,19?,25-,28+/m1/s1. The van der Waals surface area contributed by atoms with Crippen molar-refractivity contribution in [3.05, 3.63) is 53.6 Å². The van der Waals surface area contributed by atoms with E-state index in [2.05, 4.69) is 31.6 Å². The summed E-state index contributed by atoms with van der Waals surface area (Å²) in [5.74, 6) is 0.490. The van der Waals surface area contributed by atoms with Crippen molar-refractivity contribution >= 4 is 15.9 Å². The second-order valence-corrected chi connectivity index (χ2v) is 13.0. The van der Waals surface area contributed by atoms with Crippen LogP contribution in [0.25, 0.3) is 0 Å². The molecule has 36 heavy (non-hydrogen) atoms. The molecule has 1 unspecified atom stereocenters. The smallest absolute Gasteiger partial charge is 0.244 e. The predicted molar refractivity (Wildman–Crippen MR) is 138 cm³/mol. The van der Waals surface area contributed by atoms with Crippen LogP contribution < -0.4 is 9.46 Å². The number of rotatable bonds is 5. The van der Waals surface area contributed by atoms with E-state index in [1.54, 1.807) is 24.3 Å². The number of sulfonamides is 1. The third-order valence-electron chi connectivity index (χ3n) is 9.37. The minimum atomic E-state index is -3.77. The molecular weight excluding hydrogens is 476 g/mol. The van der Waals surface area contributed by atoms with Crippen molar-refractivity contribution in [3.63, 3.8) is 0 Å². The number of methoxy groups -OCH3 is 1. The largest absolute Gasteiger partial charge is 0.508 e. The van der Waals surface area contributed by atoms with Crippen LogP contribution in [0.4, 0.5) is 0 Å². The summed E-state index contributed by atoms with van der Waals surface area (Å²) >= 11 is 0. The van der Waals surface area contributed by atoms with E-state index in [1.807, 2.05) is 11.0 Å². The molecule has 1 amide bonds. The molecule has 5 rings (SSSR count). The summed E-state index contributed by atoms with van der Waals surface area (Å²) in [6.45, 7) is 7.41. The van der Waals surface area contributed by atoms with Gasteiger partial charge in [-0.1, -0.05) is 45.0 Å². The van der Waals surface area contributed by atoms with Gasteiger partial charge in [0.1, 0.15) is 16.4 Å². The van der Waals surface area contributed by atoms with Crippen LogP contribution in [0.1, 0.15) is 57.6 Å². The summed E-state index contributed by atoms with van der Waals surface area (Å²) in [7, 11) is -2.32. The van der Waals surface area contributed by atoms with Crippen molar-refractivity contribution in [2.24, 2.45) is 11.3 Å². The Morgan fingerprint density at radius 3 is 2.61 bits per heavy atom. The van der Waals surface area contributed by atoms with Gasteiger partial charge in [0.15, 0.2) is 0 Å². The first-order valence-corrected chi connectivity index (χ1v) is 14.2. The van der Waals surface area contributed by atoms with Gasteiger partial charge in [-0.15, -0.1) is 0 Å². The summed E-state index contributed by atoms with van der Waals surface area (Å²) < 4.78 is 34.1. The molecule has 1 aliphatic heterocycles. The molecule has 3 aliphatic rings. The van der Waals surface area contributed by atoms with Gasteiger partial charge in [0.05, 0.1) is 7.11 Å². The quantitative estimate of drug-likeness (QED) is 0.632. The first-order chi connectivity index (χ1) is 17.0. The number of piperidine rings is 1. The van der Waals surface area contributed by atoms with Crippen LogP contribution >= 0.6 is 0 Å². The second kappa shape index (κ2) is 8.77. The van der Waals surface area contributed by atoms with Gasteiger partial charge < -0.3 is 14.7 Å². The van der Waals surface area contributed by atoms with Crippen molar-refractivity contribution in [2.75, 3.05) is 13.7 Å². The minimum Gasteiger partial charge on any atom is -0.508 e. The Hall–Kier alpha value is -2.58. The van der Waals surface area contributed by atoms with Crippen molar-refractivity contribution in [1.82, 2.24) is 9.62 Å². The lowest BCUT2D eigenvalue weighted by atomic mass is 9.51. The highest BCUT2D eigenvalue weighted by molar-refractivity contribution is 7.89. The zero-order chi connectivity index (χ0) is 25.9. The average Bonchev–Trinajstić information content (AvgIpc) is 3.29. The molecule has 2 aromatic carbocycles. The van der Waals surface area contributed by atoms with E-state index < -0.39 is 10.0 Å². The number of phenolic OH excluding ortho intramolecular Hbond substituents is 1. The number of para-hydroxylation sites is 1.